The number of rotatable bonds is 10. The molecule has 0 bridgehead atoms. The van der Waals surface area contributed by atoms with E-state index < -0.39 is 15.9 Å². The smallest absolute Gasteiger partial charge is 0.264 e. The van der Waals surface area contributed by atoms with E-state index in [0.29, 0.717) is 18.0 Å². The molecule has 4 rings (SSSR count). The number of para-hydroxylation sites is 2. The van der Waals surface area contributed by atoms with Crippen molar-refractivity contribution in [1.82, 2.24) is 10.2 Å². The first-order valence-corrected chi connectivity index (χ1v) is 13.7. The number of nitrogens with zero attached hydrogens (tertiary/aromatic N) is 2. The molecule has 1 aliphatic rings. The molecule has 3 aromatic rings. The van der Waals surface area contributed by atoms with E-state index in [4.69, 9.17) is 4.74 Å². The topological polar surface area (TPSA) is 79.0 Å². The molecule has 1 aliphatic heterocycles. The fourth-order valence-electron chi connectivity index (χ4n) is 4.48. The summed E-state index contributed by atoms with van der Waals surface area (Å²) in [6.07, 6.45) is 3.71. The van der Waals surface area contributed by atoms with Crippen molar-refractivity contribution in [3.63, 3.8) is 0 Å². The summed E-state index contributed by atoms with van der Waals surface area (Å²) < 4.78 is 33.7. The minimum Gasteiger partial charge on any atom is -0.495 e. The number of piperidine rings is 1. The Morgan fingerprint density at radius 1 is 0.889 bits per heavy atom. The first kappa shape index (κ1) is 25.7. The summed E-state index contributed by atoms with van der Waals surface area (Å²) in [5.41, 5.74) is 2.52. The van der Waals surface area contributed by atoms with Gasteiger partial charge in [-0.1, -0.05) is 61.0 Å². The minimum absolute atomic E-state index is 0.107. The summed E-state index contributed by atoms with van der Waals surface area (Å²) in [4.78, 5) is 15.7. The number of carbonyl (C=O) groups is 1. The number of carbonyl (C=O) groups excluding carboxylic acids is 1. The van der Waals surface area contributed by atoms with Crippen LogP contribution < -0.4 is 14.4 Å². The standard InChI is InChI=1S/C28H33N3O4S/c1-35-27-17-9-8-16-26(27)31(36(33,34)25-14-4-2-5-15-25)22-28(32)29-20-23-12-6-7-13-24(23)21-30-18-10-3-11-19-30/h2,4-9,12-17H,3,10-11,18-22H2,1H3,(H,29,32). The van der Waals surface area contributed by atoms with Crippen LogP contribution in [-0.4, -0.2) is 46.0 Å². The van der Waals surface area contributed by atoms with Crippen molar-refractivity contribution in [2.45, 2.75) is 37.2 Å². The van der Waals surface area contributed by atoms with Crippen LogP contribution in [0.25, 0.3) is 0 Å². The Hall–Kier alpha value is -3.36. The van der Waals surface area contributed by atoms with Crippen LogP contribution in [0, 0.1) is 0 Å². The zero-order valence-corrected chi connectivity index (χ0v) is 21.4. The highest BCUT2D eigenvalue weighted by Gasteiger charge is 2.29. The largest absolute Gasteiger partial charge is 0.495 e. The second-order valence-electron chi connectivity index (χ2n) is 8.88. The molecule has 7 nitrogen and oxygen atoms in total. The third-order valence-electron chi connectivity index (χ3n) is 6.41. The number of sulfonamides is 1. The zero-order valence-electron chi connectivity index (χ0n) is 20.6. The maximum absolute atomic E-state index is 13.6. The molecule has 0 aliphatic carbocycles. The molecule has 190 valence electrons. The Morgan fingerprint density at radius 2 is 1.53 bits per heavy atom. The maximum Gasteiger partial charge on any atom is 0.264 e. The lowest BCUT2D eigenvalue weighted by Crippen LogP contribution is -2.41. The first-order valence-electron chi connectivity index (χ1n) is 12.3. The molecule has 8 heteroatoms. The number of benzene rings is 3. The zero-order chi connectivity index (χ0) is 25.4. The van der Waals surface area contributed by atoms with E-state index in [-0.39, 0.29) is 11.4 Å². The summed E-state index contributed by atoms with van der Waals surface area (Å²) in [6.45, 7) is 2.99. The van der Waals surface area contributed by atoms with Crippen LogP contribution in [0.3, 0.4) is 0 Å². The Morgan fingerprint density at radius 3 is 2.25 bits per heavy atom. The van der Waals surface area contributed by atoms with Crippen molar-refractivity contribution < 1.29 is 17.9 Å². The van der Waals surface area contributed by atoms with Gasteiger partial charge in [0, 0.05) is 13.1 Å². The third-order valence-corrected chi connectivity index (χ3v) is 8.18. The van der Waals surface area contributed by atoms with Gasteiger partial charge in [0.1, 0.15) is 12.3 Å². The second-order valence-corrected chi connectivity index (χ2v) is 10.7. The van der Waals surface area contributed by atoms with E-state index in [9.17, 15) is 13.2 Å². The fraction of sp³-hybridized carbons (Fsp3) is 0.321. The highest BCUT2D eigenvalue weighted by Crippen LogP contribution is 2.32. The number of likely N-dealkylation sites (tertiary alicyclic amines) is 1. The summed E-state index contributed by atoms with van der Waals surface area (Å²) in [6, 6.07) is 23.0. The average Bonchev–Trinajstić information content (AvgIpc) is 2.92. The van der Waals surface area contributed by atoms with E-state index >= 15 is 0 Å². The van der Waals surface area contributed by atoms with Gasteiger partial charge in [-0.2, -0.15) is 0 Å². The van der Waals surface area contributed by atoms with Crippen LogP contribution in [-0.2, 0) is 27.9 Å². The molecule has 0 radical (unpaired) electrons. The summed E-state index contributed by atoms with van der Waals surface area (Å²) >= 11 is 0. The van der Waals surface area contributed by atoms with Gasteiger partial charge in [0.25, 0.3) is 10.0 Å². The molecule has 0 aromatic heterocycles. The van der Waals surface area contributed by atoms with E-state index in [1.165, 1.54) is 44.1 Å². The van der Waals surface area contributed by atoms with Crippen molar-refractivity contribution in [2.24, 2.45) is 0 Å². The molecule has 1 saturated heterocycles. The summed E-state index contributed by atoms with van der Waals surface area (Å²) in [5.74, 6) is -0.0233. The number of nitrogens with one attached hydrogen (secondary N) is 1. The highest BCUT2D eigenvalue weighted by molar-refractivity contribution is 7.92. The highest BCUT2D eigenvalue weighted by atomic mass is 32.2. The molecule has 0 spiro atoms. The van der Waals surface area contributed by atoms with Crippen LogP contribution in [0.4, 0.5) is 5.69 Å². The van der Waals surface area contributed by atoms with Crippen LogP contribution in [0.2, 0.25) is 0 Å². The molecular weight excluding hydrogens is 474 g/mol. The van der Waals surface area contributed by atoms with Crippen molar-refractivity contribution in [1.29, 1.82) is 0 Å². The van der Waals surface area contributed by atoms with E-state index in [2.05, 4.69) is 16.3 Å². The number of ether oxygens (including phenoxy) is 1. The predicted molar refractivity (Wildman–Crippen MR) is 141 cm³/mol. The van der Waals surface area contributed by atoms with Crippen molar-refractivity contribution in [3.05, 3.63) is 90.0 Å². The molecule has 1 N–H and O–H groups in total. The van der Waals surface area contributed by atoms with Crippen LogP contribution >= 0.6 is 0 Å². The lowest BCUT2D eigenvalue weighted by Gasteiger charge is -2.27. The Balaban J connectivity index is 1.52. The molecule has 1 heterocycles. The summed E-state index contributed by atoms with van der Waals surface area (Å²) in [7, 11) is -2.53. The van der Waals surface area contributed by atoms with Crippen LogP contribution in [0.1, 0.15) is 30.4 Å². The van der Waals surface area contributed by atoms with Gasteiger partial charge in [0.15, 0.2) is 0 Å². The Labute approximate surface area is 213 Å². The van der Waals surface area contributed by atoms with Gasteiger partial charge >= 0.3 is 0 Å². The van der Waals surface area contributed by atoms with E-state index in [1.54, 1.807) is 42.5 Å². The number of anilines is 1. The van der Waals surface area contributed by atoms with Crippen molar-refractivity contribution >= 4 is 21.6 Å². The Bertz CT molecular complexity index is 1260. The first-order chi connectivity index (χ1) is 17.5. The number of hydrogen-bond acceptors (Lipinski definition) is 5. The molecule has 0 atom stereocenters. The minimum atomic E-state index is -4.01. The molecular formula is C28H33N3O4S. The molecule has 3 aromatic carbocycles. The third kappa shape index (κ3) is 6.25. The van der Waals surface area contributed by atoms with Gasteiger partial charge in [0.05, 0.1) is 17.7 Å². The number of amides is 1. The normalized spacial score (nSPS) is 14.2. The van der Waals surface area contributed by atoms with Crippen molar-refractivity contribution in [2.75, 3.05) is 31.0 Å². The number of methoxy groups -OCH3 is 1. The predicted octanol–water partition coefficient (Wildman–Crippen LogP) is 4.19. The molecule has 0 unspecified atom stereocenters. The SMILES string of the molecule is COc1ccccc1N(CC(=O)NCc1ccccc1CN1CCCCC1)S(=O)(=O)c1ccccc1. The maximum atomic E-state index is 13.6. The van der Waals surface area contributed by atoms with Gasteiger partial charge in [-0.15, -0.1) is 0 Å². The monoisotopic (exact) mass is 507 g/mol. The quantitative estimate of drug-likeness (QED) is 0.445. The van der Waals surface area contributed by atoms with Gasteiger partial charge in [0.2, 0.25) is 5.91 Å². The van der Waals surface area contributed by atoms with Gasteiger partial charge in [-0.05, 0) is 61.3 Å². The molecule has 1 amide bonds. The lowest BCUT2D eigenvalue weighted by molar-refractivity contribution is -0.119. The lowest BCUT2D eigenvalue weighted by atomic mass is 10.0. The van der Waals surface area contributed by atoms with Crippen molar-refractivity contribution in [3.8, 4) is 5.75 Å². The average molecular weight is 508 g/mol. The fourth-order valence-corrected chi connectivity index (χ4v) is 5.93. The van der Waals surface area contributed by atoms with Gasteiger partial charge in [-0.3, -0.25) is 14.0 Å². The van der Waals surface area contributed by atoms with Gasteiger partial charge in [-0.25, -0.2) is 8.42 Å². The Kier molecular flexibility index (Phi) is 8.61. The second kappa shape index (κ2) is 12.1. The summed E-state index contributed by atoms with van der Waals surface area (Å²) in [5, 5.41) is 2.93. The van der Waals surface area contributed by atoms with Gasteiger partial charge < -0.3 is 10.1 Å². The number of hydrogen-bond donors (Lipinski definition) is 1. The molecule has 36 heavy (non-hydrogen) atoms. The van der Waals surface area contributed by atoms with Crippen LogP contribution in [0.5, 0.6) is 5.75 Å². The van der Waals surface area contributed by atoms with E-state index in [1.807, 2.05) is 18.2 Å². The molecule has 0 saturated carbocycles. The molecule has 1 fully saturated rings. The van der Waals surface area contributed by atoms with Crippen LogP contribution in [0.15, 0.2) is 83.8 Å². The van der Waals surface area contributed by atoms with E-state index in [0.717, 1.165) is 29.5 Å².